The maximum Gasteiger partial charge on any atom is 0.131 e. The van der Waals surface area contributed by atoms with E-state index in [0.717, 1.165) is 6.42 Å². The van der Waals surface area contributed by atoms with Gasteiger partial charge in [-0.3, -0.25) is 0 Å². The largest absolute Gasteiger partial charge is 0.131 e. The van der Waals surface area contributed by atoms with Gasteiger partial charge in [0.15, 0.2) is 0 Å². The van der Waals surface area contributed by atoms with Gasteiger partial charge < -0.3 is 0 Å². The van der Waals surface area contributed by atoms with Crippen molar-refractivity contribution >= 4 is 43.0 Å². The molecule has 0 aromatic heterocycles. The summed E-state index contributed by atoms with van der Waals surface area (Å²) in [4.78, 5) is 0. The van der Waals surface area contributed by atoms with Crippen LogP contribution in [0.15, 0.2) is 97.1 Å². The smallest absolute Gasteiger partial charge is 0.0620 e. The minimum Gasteiger partial charge on any atom is -0.0620 e. The molecule has 0 aliphatic heterocycles. The average molecular weight is 514 g/mol. The lowest BCUT2D eigenvalue weighted by Crippen LogP contribution is -2.22. The first-order valence-electron chi connectivity index (χ1n) is 10.1. The zero-order chi connectivity index (χ0) is 20.3. The molecule has 0 saturated carbocycles. The molecule has 0 unspecified atom stereocenters. The van der Waals surface area contributed by atoms with E-state index in [-0.39, 0.29) is 0 Å². The number of benzene rings is 4. The summed E-state index contributed by atoms with van der Waals surface area (Å²) in [6, 6.07) is 35.2. The van der Waals surface area contributed by atoms with Gasteiger partial charge in [0.1, 0.15) is 3.23 Å². The molecule has 0 saturated heterocycles. The first kappa shape index (κ1) is 18.4. The Bertz CT molecular complexity index is 1250. The maximum absolute atomic E-state index is 4.00. The van der Waals surface area contributed by atoms with Crippen LogP contribution in [0.4, 0.5) is 0 Å². The second-order valence-corrected chi connectivity index (χ2v) is 11.3. The molecule has 0 spiro atoms. The van der Waals surface area contributed by atoms with Crippen LogP contribution in [0, 0.1) is 0 Å². The number of halogens is 2. The zero-order valence-corrected chi connectivity index (χ0v) is 19.4. The van der Waals surface area contributed by atoms with Crippen LogP contribution in [0.2, 0.25) is 0 Å². The quantitative estimate of drug-likeness (QED) is 0.184. The predicted molar refractivity (Wildman–Crippen MR) is 132 cm³/mol. The molecule has 0 fully saturated rings. The third-order valence-corrected chi connectivity index (χ3v) is 7.98. The van der Waals surface area contributed by atoms with Crippen LogP contribution in [0.1, 0.15) is 44.5 Å². The highest BCUT2D eigenvalue weighted by Crippen LogP contribution is 2.56. The molecule has 6 rings (SSSR count). The van der Waals surface area contributed by atoms with Crippen LogP contribution in [0.5, 0.6) is 0 Å². The van der Waals surface area contributed by atoms with Crippen molar-refractivity contribution in [3.05, 3.63) is 142 Å². The summed E-state index contributed by atoms with van der Waals surface area (Å²) in [6.45, 7) is 0. The number of hydrogen-bond donors (Lipinski definition) is 0. The highest BCUT2D eigenvalue weighted by molar-refractivity contribution is 9.25. The first-order chi connectivity index (χ1) is 14.7. The molecule has 2 aliphatic rings. The van der Waals surface area contributed by atoms with Crippen molar-refractivity contribution in [3.63, 3.8) is 0 Å². The Balaban J connectivity index is 1.82. The molecule has 0 amide bonds. The van der Waals surface area contributed by atoms with Gasteiger partial charge in [0, 0.05) is 0 Å². The molecule has 4 aromatic rings. The summed E-state index contributed by atoms with van der Waals surface area (Å²) in [7, 11) is 0. The molecule has 0 atom stereocenters. The van der Waals surface area contributed by atoms with Crippen LogP contribution in [0.3, 0.4) is 0 Å². The van der Waals surface area contributed by atoms with Crippen molar-refractivity contribution in [3.8, 4) is 0 Å². The second kappa shape index (κ2) is 6.80. The van der Waals surface area contributed by atoms with Crippen molar-refractivity contribution < 1.29 is 0 Å². The van der Waals surface area contributed by atoms with Crippen LogP contribution in [-0.4, -0.2) is 0 Å². The van der Waals surface area contributed by atoms with E-state index >= 15 is 0 Å². The van der Waals surface area contributed by atoms with Gasteiger partial charge >= 0.3 is 0 Å². The topological polar surface area (TPSA) is 0 Å². The second-order valence-electron chi connectivity index (χ2n) is 7.91. The minimum absolute atomic E-state index is 0.398. The van der Waals surface area contributed by atoms with Crippen molar-refractivity contribution in [2.24, 2.45) is 0 Å². The van der Waals surface area contributed by atoms with Crippen molar-refractivity contribution in [1.29, 1.82) is 0 Å². The van der Waals surface area contributed by atoms with Gasteiger partial charge in [-0.2, -0.15) is 0 Å². The molecule has 0 radical (unpaired) electrons. The summed E-state index contributed by atoms with van der Waals surface area (Å²) in [5, 5.41) is 0. The Morgan fingerprint density at radius 1 is 0.467 bits per heavy atom. The molecule has 0 N–H and O–H groups in total. The van der Waals surface area contributed by atoms with Gasteiger partial charge in [-0.05, 0) is 62.1 Å². The molecule has 0 nitrogen and oxygen atoms in total. The van der Waals surface area contributed by atoms with Crippen LogP contribution < -0.4 is 0 Å². The standard InChI is InChI=1S/C28H18Br2/c29-28(30)24-15-7-5-13-22(24)27(23-14-6-8-16-25(23)28)26-20-11-3-1-9-18(20)17-19-10-2-4-12-21(19)26/h1-16H,17H2. The van der Waals surface area contributed by atoms with Gasteiger partial charge in [-0.25, -0.2) is 0 Å². The lowest BCUT2D eigenvalue weighted by Gasteiger charge is -2.36. The third-order valence-electron chi connectivity index (χ3n) is 6.27. The van der Waals surface area contributed by atoms with E-state index in [1.54, 1.807) is 0 Å². The first-order valence-corrected chi connectivity index (χ1v) is 11.7. The van der Waals surface area contributed by atoms with E-state index in [1.165, 1.54) is 55.7 Å². The average Bonchev–Trinajstić information content (AvgIpc) is 2.79. The van der Waals surface area contributed by atoms with Crippen molar-refractivity contribution in [2.45, 2.75) is 9.65 Å². The summed E-state index contributed by atoms with van der Waals surface area (Å²) >= 11 is 8.00. The third kappa shape index (κ3) is 2.57. The molecule has 2 heteroatoms. The Labute approximate surface area is 193 Å². The van der Waals surface area contributed by atoms with E-state index in [1.807, 2.05) is 0 Å². The lowest BCUT2D eigenvalue weighted by atomic mass is 9.73. The van der Waals surface area contributed by atoms with Crippen LogP contribution in [-0.2, 0) is 9.65 Å². The van der Waals surface area contributed by atoms with E-state index < -0.39 is 3.23 Å². The fourth-order valence-electron chi connectivity index (χ4n) is 4.97. The fourth-order valence-corrected chi connectivity index (χ4v) is 6.35. The van der Waals surface area contributed by atoms with E-state index in [4.69, 9.17) is 0 Å². The van der Waals surface area contributed by atoms with Crippen molar-refractivity contribution in [2.75, 3.05) is 0 Å². The molecule has 0 bridgehead atoms. The van der Waals surface area contributed by atoms with Crippen molar-refractivity contribution in [1.82, 2.24) is 0 Å². The van der Waals surface area contributed by atoms with Gasteiger partial charge in [0.25, 0.3) is 0 Å². The van der Waals surface area contributed by atoms with Gasteiger partial charge in [0.05, 0.1) is 0 Å². The van der Waals surface area contributed by atoms with Crippen LogP contribution >= 0.6 is 31.9 Å². The molecule has 30 heavy (non-hydrogen) atoms. The molecule has 144 valence electrons. The SMILES string of the molecule is BrC1(Br)c2ccccc2C(=C2c3ccccc3Cc3ccccc32)c2ccccc21. The zero-order valence-electron chi connectivity index (χ0n) is 16.2. The number of hydrogen-bond acceptors (Lipinski definition) is 0. The fraction of sp³-hybridized carbons (Fsp3) is 0.0714. The lowest BCUT2D eigenvalue weighted by molar-refractivity contribution is 1.07. The Morgan fingerprint density at radius 2 is 0.833 bits per heavy atom. The summed E-state index contributed by atoms with van der Waals surface area (Å²) in [5.41, 5.74) is 13.1. The van der Waals surface area contributed by atoms with Gasteiger partial charge in [-0.1, -0.05) is 129 Å². The Kier molecular flexibility index (Phi) is 4.16. The number of alkyl halides is 2. The molecule has 4 aromatic carbocycles. The summed E-state index contributed by atoms with van der Waals surface area (Å²) < 4.78 is -0.398. The van der Waals surface area contributed by atoms with Gasteiger partial charge in [-0.15, -0.1) is 0 Å². The molecule has 0 heterocycles. The highest BCUT2D eigenvalue weighted by Gasteiger charge is 2.39. The summed E-state index contributed by atoms with van der Waals surface area (Å²) in [5.74, 6) is 0. The minimum atomic E-state index is -0.398. The van der Waals surface area contributed by atoms with Gasteiger partial charge in [0.2, 0.25) is 0 Å². The predicted octanol–water partition coefficient (Wildman–Crippen LogP) is 7.90. The monoisotopic (exact) mass is 512 g/mol. The number of rotatable bonds is 0. The highest BCUT2D eigenvalue weighted by atomic mass is 79.9. The van der Waals surface area contributed by atoms with E-state index in [2.05, 4.69) is 129 Å². The molecular weight excluding hydrogens is 496 g/mol. The molecule has 2 aliphatic carbocycles. The summed E-state index contributed by atoms with van der Waals surface area (Å²) in [6.07, 6.45) is 0.979. The Hall–Kier alpha value is -2.42. The van der Waals surface area contributed by atoms with Crippen LogP contribution in [0.25, 0.3) is 11.1 Å². The van der Waals surface area contributed by atoms with E-state index in [9.17, 15) is 0 Å². The molecular formula is C28H18Br2. The normalized spacial score (nSPS) is 15.7. The number of fused-ring (bicyclic) bond motifs is 4. The Morgan fingerprint density at radius 3 is 1.33 bits per heavy atom. The van der Waals surface area contributed by atoms with E-state index in [0.29, 0.717) is 0 Å². The maximum atomic E-state index is 4.00.